The Morgan fingerprint density at radius 3 is 1.13 bits per heavy atom. The Balaban J connectivity index is 0.000000172. The first-order valence-corrected chi connectivity index (χ1v) is 27.3. The second-order valence-corrected chi connectivity index (χ2v) is 23.6. The minimum Gasteiger partial charge on any atom is -0.508 e. The Kier molecular flexibility index (Phi) is 21.3. The maximum Gasteiger partial charge on any atom is 0.115 e. The highest BCUT2D eigenvalue weighted by atomic mass is 16.3. The van der Waals surface area contributed by atoms with Gasteiger partial charge in [0.1, 0.15) is 11.5 Å². The van der Waals surface area contributed by atoms with Crippen molar-refractivity contribution in [2.24, 2.45) is 29.4 Å². The zero-order valence-corrected chi connectivity index (χ0v) is 45.6. The predicted molar refractivity (Wildman–Crippen MR) is 296 cm³/mol. The summed E-state index contributed by atoms with van der Waals surface area (Å²) in [4.78, 5) is 4.64. The van der Waals surface area contributed by atoms with Crippen LogP contribution < -0.4 is 11.1 Å². The average Bonchev–Trinajstić information content (AvgIpc) is 3.32. The molecule has 5 N–H and O–H groups in total. The van der Waals surface area contributed by atoms with Gasteiger partial charge in [-0.3, -0.25) is 0 Å². The molecule has 0 amide bonds. The third-order valence-corrected chi connectivity index (χ3v) is 17.9. The van der Waals surface area contributed by atoms with Crippen LogP contribution >= 0.6 is 0 Å². The SMILES string of the molecule is CN(C)CC1CCCCC1(C)c1cccc(O)c1.CNCC1CCCCC1(C)c1cccc(O)c1.Cc1cccc(C2(C)CCCCC2CN(C)C)c1.Cc1cccc(C2(C)CCCCC2CN)c1. The molecule has 8 atom stereocenters. The number of aromatic hydroxyl groups is 2. The van der Waals surface area contributed by atoms with Gasteiger partial charge in [-0.1, -0.05) is 163 Å². The molecular weight excluding hydrogens is 845 g/mol. The van der Waals surface area contributed by atoms with Gasteiger partial charge in [-0.25, -0.2) is 0 Å². The van der Waals surface area contributed by atoms with Crippen LogP contribution in [-0.4, -0.2) is 81.4 Å². The van der Waals surface area contributed by atoms with E-state index in [1.807, 2.05) is 31.3 Å². The molecule has 4 aliphatic rings. The highest BCUT2D eigenvalue weighted by molar-refractivity contribution is 5.36. The first kappa shape index (κ1) is 56.2. The Labute approximate surface area is 422 Å². The van der Waals surface area contributed by atoms with Gasteiger partial charge in [0.2, 0.25) is 0 Å². The molecule has 4 saturated carbocycles. The van der Waals surface area contributed by atoms with Gasteiger partial charge in [0.25, 0.3) is 0 Å². The van der Waals surface area contributed by atoms with E-state index in [9.17, 15) is 10.2 Å². The number of nitrogens with zero attached hydrogens (tertiary/aromatic N) is 2. The predicted octanol–water partition coefficient (Wildman–Crippen LogP) is 13.9. The fourth-order valence-corrected chi connectivity index (χ4v) is 13.3. The number of nitrogens with one attached hydrogen (secondary N) is 1. The van der Waals surface area contributed by atoms with Crippen molar-refractivity contribution in [3.8, 4) is 11.5 Å². The summed E-state index contributed by atoms with van der Waals surface area (Å²) >= 11 is 0. The van der Waals surface area contributed by atoms with Crippen LogP contribution in [0.1, 0.15) is 164 Å². The molecule has 4 aliphatic carbocycles. The normalized spacial score (nSPS) is 29.1. The third-order valence-electron chi connectivity index (χ3n) is 17.9. The van der Waals surface area contributed by atoms with E-state index in [2.05, 4.69) is 146 Å². The highest BCUT2D eigenvalue weighted by Gasteiger charge is 2.41. The lowest BCUT2D eigenvalue weighted by Gasteiger charge is -2.43. The van der Waals surface area contributed by atoms with Gasteiger partial charge in [-0.05, 0) is 205 Å². The molecule has 6 heteroatoms. The molecule has 0 saturated heterocycles. The van der Waals surface area contributed by atoms with E-state index in [1.165, 1.54) is 137 Å². The molecule has 0 spiro atoms. The van der Waals surface area contributed by atoms with Crippen molar-refractivity contribution < 1.29 is 10.2 Å². The van der Waals surface area contributed by atoms with Crippen molar-refractivity contribution >= 4 is 0 Å². The van der Waals surface area contributed by atoms with E-state index in [1.54, 1.807) is 17.7 Å². The van der Waals surface area contributed by atoms with E-state index in [4.69, 9.17) is 5.73 Å². The number of nitrogens with two attached hydrogens (primary N) is 1. The molecule has 8 rings (SSSR count). The average molecular weight is 944 g/mol. The third kappa shape index (κ3) is 14.9. The second-order valence-electron chi connectivity index (χ2n) is 23.6. The molecule has 6 nitrogen and oxygen atoms in total. The summed E-state index contributed by atoms with van der Waals surface area (Å²) in [7, 11) is 10.7. The van der Waals surface area contributed by atoms with Gasteiger partial charge in [0, 0.05) is 13.1 Å². The van der Waals surface area contributed by atoms with Crippen molar-refractivity contribution in [2.75, 3.05) is 61.4 Å². The van der Waals surface area contributed by atoms with Crippen molar-refractivity contribution in [2.45, 2.75) is 166 Å². The number of phenols is 2. The fourth-order valence-electron chi connectivity index (χ4n) is 13.3. The van der Waals surface area contributed by atoms with Gasteiger partial charge in [0.05, 0.1) is 0 Å². The number of benzene rings is 4. The zero-order valence-electron chi connectivity index (χ0n) is 45.6. The van der Waals surface area contributed by atoms with E-state index in [0.29, 0.717) is 40.1 Å². The van der Waals surface area contributed by atoms with Crippen LogP contribution in [0.2, 0.25) is 0 Å². The molecule has 4 fully saturated rings. The zero-order chi connectivity index (χ0) is 50.2. The second kappa shape index (κ2) is 26.1. The molecule has 4 aromatic carbocycles. The fraction of sp³-hybridized carbons (Fsp3) is 0.619. The van der Waals surface area contributed by atoms with Crippen molar-refractivity contribution in [3.63, 3.8) is 0 Å². The summed E-state index contributed by atoms with van der Waals surface area (Å²) in [6, 6.07) is 33.8. The van der Waals surface area contributed by atoms with Crippen LogP contribution in [0.5, 0.6) is 11.5 Å². The minimum absolute atomic E-state index is 0.208. The smallest absolute Gasteiger partial charge is 0.115 e. The molecule has 0 heterocycles. The monoisotopic (exact) mass is 943 g/mol. The Hall–Kier alpha value is -3.68. The number of rotatable bonds is 11. The number of aryl methyl sites for hydroxylation is 2. The lowest BCUT2D eigenvalue weighted by atomic mass is 9.63. The summed E-state index contributed by atoms with van der Waals surface area (Å²) in [5.41, 5.74) is 15.4. The van der Waals surface area contributed by atoms with Crippen LogP contribution in [0.3, 0.4) is 0 Å². The van der Waals surface area contributed by atoms with Crippen LogP contribution in [0.15, 0.2) is 97.1 Å². The summed E-state index contributed by atoms with van der Waals surface area (Å²) in [6.45, 7) is 18.2. The van der Waals surface area contributed by atoms with E-state index in [-0.39, 0.29) is 10.8 Å². The largest absolute Gasteiger partial charge is 0.508 e. The maximum absolute atomic E-state index is 9.72. The molecular formula is C63H98N4O2. The summed E-state index contributed by atoms with van der Waals surface area (Å²) < 4.78 is 0. The van der Waals surface area contributed by atoms with Crippen molar-refractivity contribution in [3.05, 3.63) is 130 Å². The topological polar surface area (TPSA) is 85.0 Å². The Morgan fingerprint density at radius 1 is 0.478 bits per heavy atom. The molecule has 69 heavy (non-hydrogen) atoms. The van der Waals surface area contributed by atoms with E-state index < -0.39 is 0 Å². The molecule has 0 aromatic heterocycles. The van der Waals surface area contributed by atoms with Gasteiger partial charge >= 0.3 is 0 Å². The summed E-state index contributed by atoms with van der Waals surface area (Å²) in [5.74, 6) is 3.58. The standard InChI is InChI=1S/C17H27N.C16H25NO.C15H23NO.C15H23N/c1-14-8-7-10-15(12-14)17(2)11-6-5-9-16(17)13-18(3)4;1-16(13-8-6-9-15(18)11-13)10-5-4-7-14(16)12-17(2)3;1-15(12-7-5-8-14(17)10-12)9-4-3-6-13(15)11-16-2;1-12-6-5-8-13(10-12)15(2)9-4-3-7-14(15)11-16/h7-8,10,12,16H,5-6,9,11,13H2,1-4H3;6,8-9,11,14,18H,4-5,7,10,12H2,1-3H3;5,7-8,10,13,16-17H,3-4,6,9,11H2,1-2H3;5-6,8,10,14H,3-4,7,9,11,16H2,1-2H3. The first-order chi connectivity index (χ1) is 32.9. The van der Waals surface area contributed by atoms with Crippen molar-refractivity contribution in [1.29, 1.82) is 0 Å². The number of hydrogen-bond acceptors (Lipinski definition) is 6. The highest BCUT2D eigenvalue weighted by Crippen LogP contribution is 2.47. The molecule has 8 unspecified atom stereocenters. The van der Waals surface area contributed by atoms with Crippen LogP contribution in [0.4, 0.5) is 0 Å². The van der Waals surface area contributed by atoms with Gasteiger partial charge < -0.3 is 31.1 Å². The van der Waals surface area contributed by atoms with E-state index >= 15 is 0 Å². The molecule has 382 valence electrons. The van der Waals surface area contributed by atoms with Gasteiger partial charge in [-0.15, -0.1) is 0 Å². The quantitative estimate of drug-likeness (QED) is 0.120. The lowest BCUT2D eigenvalue weighted by Crippen LogP contribution is -2.40. The van der Waals surface area contributed by atoms with Crippen molar-refractivity contribution in [1.82, 2.24) is 15.1 Å². The molecule has 4 aromatic rings. The van der Waals surface area contributed by atoms with Crippen LogP contribution in [-0.2, 0) is 21.7 Å². The Morgan fingerprint density at radius 2 is 0.797 bits per heavy atom. The van der Waals surface area contributed by atoms with Gasteiger partial charge in [-0.2, -0.15) is 0 Å². The first-order valence-electron chi connectivity index (χ1n) is 27.3. The Bertz CT molecular complexity index is 2060. The lowest BCUT2D eigenvalue weighted by molar-refractivity contribution is 0.160. The number of hydrogen-bond donors (Lipinski definition) is 4. The minimum atomic E-state index is 0.208. The van der Waals surface area contributed by atoms with Crippen LogP contribution in [0, 0.1) is 37.5 Å². The number of phenolic OH excluding ortho intramolecular Hbond substituents is 2. The molecule has 0 radical (unpaired) electrons. The molecule has 0 aliphatic heterocycles. The van der Waals surface area contributed by atoms with Gasteiger partial charge in [0.15, 0.2) is 0 Å². The van der Waals surface area contributed by atoms with E-state index in [0.717, 1.165) is 25.6 Å². The van der Waals surface area contributed by atoms with Crippen LogP contribution in [0.25, 0.3) is 0 Å². The molecule has 0 bridgehead atoms. The maximum atomic E-state index is 9.72. The summed E-state index contributed by atoms with van der Waals surface area (Å²) in [6.07, 6.45) is 21.1. The summed E-state index contributed by atoms with van der Waals surface area (Å²) in [5, 5.41) is 22.7.